The second-order valence-corrected chi connectivity index (χ2v) is 8.08. The third kappa shape index (κ3) is 3.84. The van der Waals surface area contributed by atoms with Gasteiger partial charge >= 0.3 is 5.69 Å². The van der Waals surface area contributed by atoms with Crippen molar-refractivity contribution < 1.29 is 18.8 Å². The monoisotopic (exact) mass is 449 g/mol. The van der Waals surface area contributed by atoms with Gasteiger partial charge in [0.15, 0.2) is 11.5 Å². The molecule has 0 radical (unpaired) electrons. The summed E-state index contributed by atoms with van der Waals surface area (Å²) in [5.74, 6) is 1.75. The fraction of sp³-hybridized carbons (Fsp3) is 0.304. The molecule has 0 bridgehead atoms. The normalized spacial score (nSPS) is 13.0. The van der Waals surface area contributed by atoms with Crippen molar-refractivity contribution in [3.63, 3.8) is 0 Å². The van der Waals surface area contributed by atoms with Crippen LogP contribution >= 0.6 is 0 Å². The number of rotatable bonds is 5. The molecule has 1 N–H and O–H groups in total. The number of aromatic nitrogens is 4. The molecule has 0 fully saturated rings. The van der Waals surface area contributed by atoms with Gasteiger partial charge in [0.05, 0.1) is 11.0 Å². The molecule has 170 valence electrons. The van der Waals surface area contributed by atoms with Crippen molar-refractivity contribution in [3.8, 4) is 22.9 Å². The minimum atomic E-state index is -0.336. The highest BCUT2D eigenvalue weighted by molar-refractivity contribution is 5.92. The van der Waals surface area contributed by atoms with E-state index in [1.807, 2.05) is 26.0 Å². The zero-order valence-corrected chi connectivity index (χ0v) is 18.5. The number of ether oxygens (including phenoxy) is 2. The molecule has 2 aromatic heterocycles. The van der Waals surface area contributed by atoms with Gasteiger partial charge in [0.2, 0.25) is 17.6 Å². The Morgan fingerprint density at radius 1 is 1.09 bits per heavy atom. The molecular weight excluding hydrogens is 426 g/mol. The van der Waals surface area contributed by atoms with Crippen molar-refractivity contribution in [2.75, 3.05) is 18.5 Å². The minimum absolute atomic E-state index is 0.0830. The summed E-state index contributed by atoms with van der Waals surface area (Å²) in [6.07, 6.45) is 0. The summed E-state index contributed by atoms with van der Waals surface area (Å²) >= 11 is 0. The minimum Gasteiger partial charge on any atom is -0.486 e. The van der Waals surface area contributed by atoms with Gasteiger partial charge in [0.1, 0.15) is 19.8 Å². The van der Waals surface area contributed by atoms with Crippen molar-refractivity contribution in [1.29, 1.82) is 0 Å². The number of nitrogens with one attached hydrogen (secondary N) is 1. The Morgan fingerprint density at radius 3 is 2.61 bits per heavy atom. The maximum absolute atomic E-state index is 13.2. The molecule has 10 nitrogen and oxygen atoms in total. The highest BCUT2D eigenvalue weighted by atomic mass is 16.6. The van der Waals surface area contributed by atoms with Crippen LogP contribution in [0.4, 0.5) is 5.69 Å². The van der Waals surface area contributed by atoms with Crippen LogP contribution in [0.1, 0.15) is 25.8 Å². The molecule has 0 atom stereocenters. The average Bonchev–Trinajstić information content (AvgIpc) is 3.34. The quantitative estimate of drug-likeness (QED) is 0.498. The number of benzene rings is 2. The van der Waals surface area contributed by atoms with Gasteiger partial charge in [-0.15, -0.1) is 0 Å². The zero-order valence-electron chi connectivity index (χ0n) is 18.5. The Balaban J connectivity index is 1.49. The van der Waals surface area contributed by atoms with Crippen molar-refractivity contribution in [1.82, 2.24) is 19.3 Å². The molecule has 0 saturated heterocycles. The highest BCUT2D eigenvalue weighted by Crippen LogP contribution is 2.32. The second-order valence-electron chi connectivity index (χ2n) is 8.08. The molecule has 1 aliphatic rings. The maximum atomic E-state index is 13.2. The second kappa shape index (κ2) is 8.12. The molecule has 5 rings (SSSR count). The van der Waals surface area contributed by atoms with E-state index in [-0.39, 0.29) is 24.2 Å². The summed E-state index contributed by atoms with van der Waals surface area (Å²) in [6, 6.07) is 10.6. The van der Waals surface area contributed by atoms with E-state index in [0.717, 1.165) is 5.52 Å². The maximum Gasteiger partial charge on any atom is 0.329 e. The zero-order chi connectivity index (χ0) is 23.1. The van der Waals surface area contributed by atoms with Crippen molar-refractivity contribution in [3.05, 3.63) is 52.8 Å². The predicted octanol–water partition coefficient (Wildman–Crippen LogP) is 3.15. The Labute approximate surface area is 188 Å². The first-order valence-electron chi connectivity index (χ1n) is 10.7. The summed E-state index contributed by atoms with van der Waals surface area (Å²) in [6.45, 7) is 6.36. The van der Waals surface area contributed by atoms with Gasteiger partial charge < -0.3 is 19.3 Å². The van der Waals surface area contributed by atoms with Crippen molar-refractivity contribution in [2.45, 2.75) is 33.4 Å². The summed E-state index contributed by atoms with van der Waals surface area (Å²) in [5.41, 5.74) is 2.34. The van der Waals surface area contributed by atoms with E-state index in [9.17, 15) is 9.59 Å². The van der Waals surface area contributed by atoms with Gasteiger partial charge in [-0.1, -0.05) is 5.16 Å². The van der Waals surface area contributed by atoms with Crippen LogP contribution < -0.4 is 20.5 Å². The number of fused-ring (bicyclic) bond motifs is 2. The number of amides is 1. The third-order valence-corrected chi connectivity index (χ3v) is 5.39. The van der Waals surface area contributed by atoms with Gasteiger partial charge in [-0.25, -0.2) is 4.79 Å². The Kier molecular flexibility index (Phi) is 5.12. The average molecular weight is 449 g/mol. The van der Waals surface area contributed by atoms with E-state index in [2.05, 4.69) is 15.5 Å². The lowest BCUT2D eigenvalue weighted by Crippen LogP contribution is -2.30. The standard InChI is InChI=1S/C23H23N5O5/c1-13(2)28-17-6-4-15(22-24-14(3)33-26-22)10-18(17)27(23(28)30)12-21(29)25-16-5-7-19-20(11-16)32-9-8-31-19/h4-7,10-11,13H,8-9,12H2,1-3H3,(H,25,29). The molecule has 0 saturated carbocycles. The van der Waals surface area contributed by atoms with Gasteiger partial charge in [-0.05, 0) is 44.2 Å². The van der Waals surface area contributed by atoms with E-state index in [4.69, 9.17) is 14.0 Å². The number of hydrogen-bond donors (Lipinski definition) is 1. The Bertz CT molecular complexity index is 1410. The number of carbonyl (C=O) groups is 1. The topological polar surface area (TPSA) is 113 Å². The molecule has 0 spiro atoms. The molecule has 1 aliphatic heterocycles. The Hall–Kier alpha value is -4.08. The summed E-state index contributed by atoms with van der Waals surface area (Å²) in [4.78, 5) is 30.4. The smallest absolute Gasteiger partial charge is 0.329 e. The molecule has 1 amide bonds. The molecule has 3 heterocycles. The van der Waals surface area contributed by atoms with Gasteiger partial charge in [0, 0.05) is 30.3 Å². The highest BCUT2D eigenvalue weighted by Gasteiger charge is 2.20. The third-order valence-electron chi connectivity index (χ3n) is 5.39. The number of hydrogen-bond acceptors (Lipinski definition) is 7. The van der Waals surface area contributed by atoms with E-state index in [1.165, 1.54) is 4.57 Å². The lowest BCUT2D eigenvalue weighted by atomic mass is 10.2. The van der Waals surface area contributed by atoms with E-state index >= 15 is 0 Å². The van der Waals surface area contributed by atoms with E-state index in [1.54, 1.807) is 35.8 Å². The number of aryl methyl sites for hydroxylation is 1. The fourth-order valence-electron chi connectivity index (χ4n) is 3.95. The largest absolute Gasteiger partial charge is 0.486 e. The van der Waals surface area contributed by atoms with Gasteiger partial charge in [-0.2, -0.15) is 4.98 Å². The fourth-order valence-corrected chi connectivity index (χ4v) is 3.95. The van der Waals surface area contributed by atoms with Gasteiger partial charge in [-0.3, -0.25) is 13.9 Å². The Morgan fingerprint density at radius 2 is 1.88 bits per heavy atom. The summed E-state index contributed by atoms with van der Waals surface area (Å²) in [7, 11) is 0. The lowest BCUT2D eigenvalue weighted by Gasteiger charge is -2.19. The first kappa shape index (κ1) is 20.8. The molecule has 10 heteroatoms. The van der Waals surface area contributed by atoms with Gasteiger partial charge in [0.25, 0.3) is 0 Å². The number of anilines is 1. The van der Waals surface area contributed by atoms with Crippen LogP contribution in [-0.4, -0.2) is 38.4 Å². The SMILES string of the molecule is Cc1nc(-c2ccc3c(c2)n(CC(=O)Nc2ccc4c(c2)OCCO4)c(=O)n3C(C)C)no1. The van der Waals surface area contributed by atoms with Crippen LogP contribution in [0.2, 0.25) is 0 Å². The molecule has 0 aliphatic carbocycles. The van der Waals surface area contributed by atoms with E-state index in [0.29, 0.717) is 53.2 Å². The number of carbonyl (C=O) groups excluding carboxylic acids is 1. The van der Waals surface area contributed by atoms with Crippen LogP contribution in [-0.2, 0) is 11.3 Å². The molecule has 4 aromatic rings. The van der Waals surface area contributed by atoms with Crippen LogP contribution in [0.25, 0.3) is 22.4 Å². The summed E-state index contributed by atoms with van der Waals surface area (Å²) < 4.78 is 19.3. The van der Waals surface area contributed by atoms with Crippen LogP contribution in [0, 0.1) is 6.92 Å². The number of imidazole rings is 1. The van der Waals surface area contributed by atoms with Crippen LogP contribution in [0.3, 0.4) is 0 Å². The van der Waals surface area contributed by atoms with Crippen LogP contribution in [0.15, 0.2) is 45.7 Å². The summed E-state index contributed by atoms with van der Waals surface area (Å²) in [5, 5.41) is 6.79. The van der Waals surface area contributed by atoms with Crippen molar-refractivity contribution >= 4 is 22.6 Å². The predicted molar refractivity (Wildman–Crippen MR) is 121 cm³/mol. The molecule has 2 aromatic carbocycles. The number of nitrogens with zero attached hydrogens (tertiary/aromatic N) is 4. The molecule has 0 unspecified atom stereocenters. The lowest BCUT2D eigenvalue weighted by molar-refractivity contribution is -0.116. The van der Waals surface area contributed by atoms with E-state index < -0.39 is 0 Å². The molecule has 33 heavy (non-hydrogen) atoms. The first-order chi connectivity index (χ1) is 15.9. The van der Waals surface area contributed by atoms with Crippen molar-refractivity contribution in [2.24, 2.45) is 0 Å². The van der Waals surface area contributed by atoms with Crippen LogP contribution in [0.5, 0.6) is 11.5 Å². The first-order valence-corrected chi connectivity index (χ1v) is 10.7. The molecular formula is C23H23N5O5.